The second-order valence-electron chi connectivity index (χ2n) is 7.91. The molecule has 0 fully saturated rings. The molecule has 2 aromatic carbocycles. The summed E-state index contributed by atoms with van der Waals surface area (Å²) in [6.07, 6.45) is 11.5. The van der Waals surface area contributed by atoms with Gasteiger partial charge in [-0.2, -0.15) is 0 Å². The molecule has 0 aliphatic heterocycles. The molecular weight excluding hydrogens is 406 g/mol. The second-order valence-corrected chi connectivity index (χ2v) is 7.91. The number of esters is 1. The maximum atomic E-state index is 11.9. The smallest absolute Gasteiger partial charge is 0.338 e. The number of nitrogens with two attached hydrogens (primary N) is 1. The van der Waals surface area contributed by atoms with E-state index < -0.39 is 5.97 Å². The Morgan fingerprint density at radius 3 is 2.12 bits per heavy atom. The third-order valence-corrected chi connectivity index (χ3v) is 5.17. The van der Waals surface area contributed by atoms with Crippen molar-refractivity contribution in [3.8, 4) is 17.2 Å². The van der Waals surface area contributed by atoms with Crippen LogP contribution in [0.3, 0.4) is 0 Å². The summed E-state index contributed by atoms with van der Waals surface area (Å²) in [7, 11) is 0. The highest BCUT2D eigenvalue weighted by molar-refractivity contribution is 5.89. The number of hydrogen-bond donors (Lipinski definition) is 2. The Bertz CT molecular complexity index is 791. The molecule has 0 saturated carbocycles. The number of phenols is 1. The van der Waals surface area contributed by atoms with Gasteiger partial charge < -0.3 is 25.1 Å². The van der Waals surface area contributed by atoms with Crippen LogP contribution in [0.15, 0.2) is 42.5 Å². The van der Waals surface area contributed by atoms with Crippen LogP contribution in [-0.4, -0.2) is 30.9 Å². The van der Waals surface area contributed by atoms with E-state index in [9.17, 15) is 9.90 Å². The van der Waals surface area contributed by atoms with Crippen LogP contribution >= 0.6 is 0 Å². The molecule has 0 unspecified atom stereocenters. The van der Waals surface area contributed by atoms with Crippen molar-refractivity contribution in [3.63, 3.8) is 0 Å². The molecular formula is C26H37NO5. The summed E-state index contributed by atoms with van der Waals surface area (Å²) in [4.78, 5) is 11.9. The molecule has 0 aliphatic carbocycles. The third kappa shape index (κ3) is 9.94. The average molecular weight is 444 g/mol. The maximum Gasteiger partial charge on any atom is 0.338 e. The van der Waals surface area contributed by atoms with Crippen molar-refractivity contribution >= 4 is 11.7 Å². The summed E-state index contributed by atoms with van der Waals surface area (Å²) in [5, 5.41) is 9.25. The van der Waals surface area contributed by atoms with E-state index in [1.807, 2.05) is 0 Å². The number of benzene rings is 2. The van der Waals surface area contributed by atoms with Gasteiger partial charge in [-0.25, -0.2) is 4.79 Å². The van der Waals surface area contributed by atoms with Crippen LogP contribution < -0.4 is 15.2 Å². The highest BCUT2D eigenvalue weighted by Gasteiger charge is 2.07. The fourth-order valence-corrected chi connectivity index (χ4v) is 3.32. The zero-order valence-electron chi connectivity index (χ0n) is 19.2. The number of nitrogen functional groups attached to an aromatic ring is 1. The van der Waals surface area contributed by atoms with Gasteiger partial charge in [-0.05, 0) is 42.8 Å². The summed E-state index contributed by atoms with van der Waals surface area (Å²) in [6.45, 7) is 3.22. The second kappa shape index (κ2) is 15.0. The molecule has 0 bridgehead atoms. The van der Waals surface area contributed by atoms with Gasteiger partial charge in [-0.3, -0.25) is 0 Å². The first-order valence-electron chi connectivity index (χ1n) is 11.7. The predicted octanol–water partition coefficient (Wildman–Crippen LogP) is 6.12. The van der Waals surface area contributed by atoms with E-state index in [0.29, 0.717) is 29.4 Å². The van der Waals surface area contributed by atoms with E-state index in [1.54, 1.807) is 18.2 Å². The van der Waals surface area contributed by atoms with Crippen LogP contribution in [0.4, 0.5) is 5.69 Å². The van der Waals surface area contributed by atoms with Gasteiger partial charge in [-0.1, -0.05) is 58.3 Å². The number of anilines is 1. The number of phenolic OH excluding ortho intramolecular Hbond substituents is 1. The van der Waals surface area contributed by atoms with Crippen molar-refractivity contribution in [2.45, 2.75) is 64.7 Å². The van der Waals surface area contributed by atoms with Gasteiger partial charge in [0.15, 0.2) is 0 Å². The van der Waals surface area contributed by atoms with Crippen LogP contribution in [0.1, 0.15) is 75.1 Å². The molecule has 0 saturated heterocycles. The molecule has 176 valence electrons. The van der Waals surface area contributed by atoms with Crippen LogP contribution in [0.25, 0.3) is 0 Å². The molecule has 0 spiro atoms. The first kappa shape index (κ1) is 25.4. The molecule has 0 aromatic heterocycles. The summed E-state index contributed by atoms with van der Waals surface area (Å²) in [6, 6.07) is 11.2. The van der Waals surface area contributed by atoms with Crippen LogP contribution in [0, 0.1) is 0 Å². The monoisotopic (exact) mass is 443 g/mol. The van der Waals surface area contributed by atoms with Gasteiger partial charge in [0.1, 0.15) is 30.5 Å². The highest BCUT2D eigenvalue weighted by Crippen LogP contribution is 2.26. The number of unbranched alkanes of at least 4 members (excludes halogenated alkanes) is 8. The van der Waals surface area contributed by atoms with Gasteiger partial charge in [-0.15, -0.1) is 0 Å². The lowest BCUT2D eigenvalue weighted by atomic mass is 10.1. The Morgan fingerprint density at radius 2 is 1.47 bits per heavy atom. The largest absolute Gasteiger partial charge is 0.508 e. The lowest BCUT2D eigenvalue weighted by Crippen LogP contribution is -2.12. The lowest BCUT2D eigenvalue weighted by molar-refractivity contribution is 0.0450. The molecule has 2 rings (SSSR count). The SMILES string of the molecule is CCCCCCCCCCCOc1ccc(OCCOC(=O)c2ccc(O)cc2)cc1N. The van der Waals surface area contributed by atoms with Crippen molar-refractivity contribution in [3.05, 3.63) is 48.0 Å². The summed E-state index contributed by atoms with van der Waals surface area (Å²) in [5.41, 5.74) is 6.97. The van der Waals surface area contributed by atoms with Gasteiger partial charge >= 0.3 is 5.97 Å². The lowest BCUT2D eigenvalue weighted by Gasteiger charge is -2.12. The number of ether oxygens (including phenoxy) is 3. The Kier molecular flexibility index (Phi) is 11.9. The fraction of sp³-hybridized carbons (Fsp3) is 0.500. The molecule has 2 aromatic rings. The Balaban J connectivity index is 1.57. The topological polar surface area (TPSA) is 91.0 Å². The molecule has 0 amide bonds. The van der Waals surface area contributed by atoms with Crippen molar-refractivity contribution < 1.29 is 24.1 Å². The summed E-state index contributed by atoms with van der Waals surface area (Å²) < 4.78 is 16.6. The third-order valence-electron chi connectivity index (χ3n) is 5.17. The average Bonchev–Trinajstić information content (AvgIpc) is 2.79. The molecule has 6 nitrogen and oxygen atoms in total. The van der Waals surface area contributed by atoms with Gasteiger partial charge in [0.2, 0.25) is 0 Å². The molecule has 0 heterocycles. The molecule has 0 radical (unpaired) electrons. The van der Waals surface area contributed by atoms with Crippen molar-refractivity contribution in [2.75, 3.05) is 25.6 Å². The maximum absolute atomic E-state index is 11.9. The van der Waals surface area contributed by atoms with Gasteiger partial charge in [0.05, 0.1) is 17.9 Å². The van der Waals surface area contributed by atoms with E-state index in [-0.39, 0.29) is 19.0 Å². The van der Waals surface area contributed by atoms with E-state index in [2.05, 4.69) is 6.92 Å². The summed E-state index contributed by atoms with van der Waals surface area (Å²) in [5.74, 6) is 0.894. The number of carbonyl (C=O) groups excluding carboxylic acids is 1. The summed E-state index contributed by atoms with van der Waals surface area (Å²) >= 11 is 0. The number of carbonyl (C=O) groups is 1. The zero-order valence-corrected chi connectivity index (χ0v) is 19.2. The number of hydrogen-bond acceptors (Lipinski definition) is 6. The van der Waals surface area contributed by atoms with Crippen molar-refractivity contribution in [1.29, 1.82) is 0 Å². The van der Waals surface area contributed by atoms with Gasteiger partial charge in [0.25, 0.3) is 0 Å². The number of aromatic hydroxyl groups is 1. The van der Waals surface area contributed by atoms with E-state index in [1.165, 1.54) is 75.6 Å². The van der Waals surface area contributed by atoms with Crippen LogP contribution in [-0.2, 0) is 4.74 Å². The molecule has 6 heteroatoms. The Labute approximate surface area is 191 Å². The number of rotatable bonds is 16. The minimum atomic E-state index is -0.464. The molecule has 32 heavy (non-hydrogen) atoms. The van der Waals surface area contributed by atoms with Crippen LogP contribution in [0.5, 0.6) is 17.2 Å². The standard InChI is InChI=1S/C26H37NO5/c1-2-3-4-5-6-7-8-9-10-17-31-25-16-15-23(20-24(25)27)30-18-19-32-26(29)21-11-13-22(28)14-12-21/h11-16,20,28H,2-10,17-19,27H2,1H3. The van der Waals surface area contributed by atoms with Crippen molar-refractivity contribution in [2.24, 2.45) is 0 Å². The van der Waals surface area contributed by atoms with E-state index >= 15 is 0 Å². The van der Waals surface area contributed by atoms with E-state index in [0.717, 1.165) is 6.42 Å². The van der Waals surface area contributed by atoms with Crippen LogP contribution in [0.2, 0.25) is 0 Å². The quantitative estimate of drug-likeness (QED) is 0.184. The fourth-order valence-electron chi connectivity index (χ4n) is 3.32. The van der Waals surface area contributed by atoms with Gasteiger partial charge in [0, 0.05) is 6.07 Å². The minimum absolute atomic E-state index is 0.100. The van der Waals surface area contributed by atoms with Crippen molar-refractivity contribution in [1.82, 2.24) is 0 Å². The molecule has 0 aliphatic rings. The zero-order chi connectivity index (χ0) is 23.0. The Hall–Kier alpha value is -2.89. The predicted molar refractivity (Wildman–Crippen MR) is 127 cm³/mol. The highest BCUT2D eigenvalue weighted by atomic mass is 16.6. The normalized spacial score (nSPS) is 10.7. The first-order chi connectivity index (χ1) is 15.6. The first-order valence-corrected chi connectivity index (χ1v) is 11.7. The van der Waals surface area contributed by atoms with E-state index in [4.69, 9.17) is 19.9 Å². The Morgan fingerprint density at radius 1 is 0.812 bits per heavy atom. The molecule has 0 atom stereocenters. The molecule has 3 N–H and O–H groups in total. The minimum Gasteiger partial charge on any atom is -0.508 e.